The monoisotopic (exact) mass is 268 g/mol. The van der Waals surface area contributed by atoms with Gasteiger partial charge in [-0.1, -0.05) is 13.3 Å². The Morgan fingerprint density at radius 3 is 2.89 bits per heavy atom. The summed E-state index contributed by atoms with van der Waals surface area (Å²) in [4.78, 5) is 7.32. The molecule has 2 rings (SSSR count). The van der Waals surface area contributed by atoms with E-state index in [-0.39, 0.29) is 12.5 Å². The van der Waals surface area contributed by atoms with E-state index >= 15 is 0 Å². The molecule has 1 fully saturated rings. The molecular formula is C14H24N2OS. The second kappa shape index (κ2) is 6.13. The number of hydrogen-bond acceptors (Lipinski definition) is 4. The first kappa shape index (κ1) is 14.0. The number of likely N-dealkylation sites (tertiary alicyclic amines) is 1. The van der Waals surface area contributed by atoms with Crippen molar-refractivity contribution in [1.82, 2.24) is 9.88 Å². The molecule has 1 N–H and O–H groups in total. The van der Waals surface area contributed by atoms with Crippen molar-refractivity contribution in [3.05, 3.63) is 16.1 Å². The molecule has 0 radical (unpaired) electrons. The van der Waals surface area contributed by atoms with Crippen molar-refractivity contribution in [3.8, 4) is 0 Å². The molecule has 0 spiro atoms. The van der Waals surface area contributed by atoms with E-state index < -0.39 is 0 Å². The molecular weight excluding hydrogens is 244 g/mol. The summed E-state index contributed by atoms with van der Waals surface area (Å²) in [5.74, 6) is 0.158. The molecule has 0 aromatic carbocycles. The third-order valence-corrected chi connectivity index (χ3v) is 4.78. The summed E-state index contributed by atoms with van der Waals surface area (Å²) in [5, 5.41) is 12.6. The van der Waals surface area contributed by atoms with Crippen LogP contribution in [-0.2, 0) is 0 Å². The fourth-order valence-electron chi connectivity index (χ4n) is 2.61. The van der Waals surface area contributed by atoms with Crippen molar-refractivity contribution in [2.75, 3.05) is 13.2 Å². The second-order valence-electron chi connectivity index (χ2n) is 5.54. The molecule has 18 heavy (non-hydrogen) atoms. The average molecular weight is 268 g/mol. The van der Waals surface area contributed by atoms with Crippen molar-refractivity contribution in [3.63, 3.8) is 0 Å². The molecule has 1 aliphatic heterocycles. The van der Waals surface area contributed by atoms with Gasteiger partial charge in [0.15, 0.2) is 0 Å². The second-order valence-corrected chi connectivity index (χ2v) is 6.43. The van der Waals surface area contributed by atoms with E-state index in [9.17, 15) is 5.11 Å². The summed E-state index contributed by atoms with van der Waals surface area (Å²) in [6.07, 6.45) is 3.83. The summed E-state index contributed by atoms with van der Waals surface area (Å²) in [7, 11) is 0. The molecule has 2 unspecified atom stereocenters. The Morgan fingerprint density at radius 1 is 1.44 bits per heavy atom. The maximum absolute atomic E-state index is 9.20. The van der Waals surface area contributed by atoms with E-state index in [0.717, 1.165) is 5.69 Å². The molecule has 0 aliphatic carbocycles. The van der Waals surface area contributed by atoms with Gasteiger partial charge in [0.1, 0.15) is 5.01 Å². The highest BCUT2D eigenvalue weighted by Gasteiger charge is 2.28. The van der Waals surface area contributed by atoms with Crippen LogP contribution in [-0.4, -0.2) is 34.2 Å². The van der Waals surface area contributed by atoms with Gasteiger partial charge in [-0.2, -0.15) is 0 Å². The zero-order chi connectivity index (χ0) is 13.1. The van der Waals surface area contributed by atoms with Gasteiger partial charge in [-0.15, -0.1) is 11.3 Å². The van der Waals surface area contributed by atoms with Gasteiger partial charge in [-0.25, -0.2) is 4.98 Å². The molecule has 3 nitrogen and oxygen atoms in total. The van der Waals surface area contributed by atoms with Gasteiger partial charge >= 0.3 is 0 Å². The number of hydrogen-bond donors (Lipinski definition) is 1. The van der Waals surface area contributed by atoms with Crippen LogP contribution in [0.1, 0.15) is 62.7 Å². The first-order valence-corrected chi connectivity index (χ1v) is 7.83. The molecule has 2 atom stereocenters. The number of aliphatic hydroxyl groups excluding tert-OH is 1. The predicted molar refractivity (Wildman–Crippen MR) is 76.0 cm³/mol. The van der Waals surface area contributed by atoms with Gasteiger partial charge in [-0.05, 0) is 33.2 Å². The fraction of sp³-hybridized carbons (Fsp3) is 0.786. The lowest BCUT2D eigenvalue weighted by Gasteiger charge is -2.37. The maximum atomic E-state index is 9.20. The van der Waals surface area contributed by atoms with Crippen LogP contribution in [0.4, 0.5) is 0 Å². The topological polar surface area (TPSA) is 36.4 Å². The summed E-state index contributed by atoms with van der Waals surface area (Å²) >= 11 is 1.76. The van der Waals surface area contributed by atoms with Gasteiger partial charge in [0.25, 0.3) is 0 Å². The molecule has 0 amide bonds. The third kappa shape index (κ3) is 2.92. The Hall–Kier alpha value is -0.450. The molecule has 1 aromatic heterocycles. The van der Waals surface area contributed by atoms with Gasteiger partial charge in [-0.3, -0.25) is 4.90 Å². The van der Waals surface area contributed by atoms with E-state index in [0.29, 0.717) is 12.1 Å². The van der Waals surface area contributed by atoms with Crippen molar-refractivity contribution in [2.24, 2.45) is 0 Å². The summed E-state index contributed by atoms with van der Waals surface area (Å²) in [6, 6.07) is 1.07. The molecule has 1 aliphatic rings. The lowest BCUT2D eigenvalue weighted by molar-refractivity contribution is 0.111. The Kier molecular flexibility index (Phi) is 4.76. The van der Waals surface area contributed by atoms with Crippen molar-refractivity contribution < 1.29 is 5.11 Å². The number of piperidine rings is 1. The molecule has 0 bridgehead atoms. The van der Waals surface area contributed by atoms with E-state index in [2.05, 4.69) is 24.1 Å². The largest absolute Gasteiger partial charge is 0.396 e. The van der Waals surface area contributed by atoms with Crippen LogP contribution >= 0.6 is 11.3 Å². The smallest absolute Gasteiger partial charge is 0.110 e. The normalized spacial score (nSPS) is 23.5. The first-order valence-electron chi connectivity index (χ1n) is 6.95. The highest BCUT2D eigenvalue weighted by atomic mass is 32.1. The van der Waals surface area contributed by atoms with Crippen LogP contribution in [0.2, 0.25) is 0 Å². The van der Waals surface area contributed by atoms with Crippen LogP contribution in [0.25, 0.3) is 0 Å². The molecule has 1 saturated heterocycles. The van der Waals surface area contributed by atoms with Gasteiger partial charge in [0, 0.05) is 17.3 Å². The van der Waals surface area contributed by atoms with Crippen LogP contribution in [0, 0.1) is 0 Å². The number of rotatable bonds is 4. The third-order valence-electron chi connectivity index (χ3n) is 3.81. The van der Waals surface area contributed by atoms with Crippen molar-refractivity contribution in [1.29, 1.82) is 0 Å². The van der Waals surface area contributed by atoms with Crippen LogP contribution in [0.3, 0.4) is 0 Å². The molecule has 102 valence electrons. The Labute approximate surface area is 114 Å². The maximum Gasteiger partial charge on any atom is 0.110 e. The fourth-order valence-corrected chi connectivity index (χ4v) is 3.71. The van der Waals surface area contributed by atoms with E-state index in [1.807, 2.05) is 6.92 Å². The van der Waals surface area contributed by atoms with Crippen LogP contribution < -0.4 is 0 Å². The minimum Gasteiger partial charge on any atom is -0.396 e. The number of thiazole rings is 1. The van der Waals surface area contributed by atoms with Crippen LogP contribution in [0.5, 0.6) is 0 Å². The molecule has 1 aromatic rings. The summed E-state index contributed by atoms with van der Waals surface area (Å²) < 4.78 is 0. The Balaban J connectivity index is 2.15. The van der Waals surface area contributed by atoms with Crippen LogP contribution in [0.15, 0.2) is 5.38 Å². The summed E-state index contributed by atoms with van der Waals surface area (Å²) in [6.45, 7) is 7.93. The van der Waals surface area contributed by atoms with Gasteiger partial charge in [0.05, 0.1) is 18.3 Å². The number of nitrogens with zero attached hydrogens (tertiary/aromatic N) is 2. The first-order chi connectivity index (χ1) is 8.63. The highest BCUT2D eigenvalue weighted by molar-refractivity contribution is 7.09. The Morgan fingerprint density at radius 2 is 2.22 bits per heavy atom. The zero-order valence-electron chi connectivity index (χ0n) is 11.6. The minimum absolute atomic E-state index is 0.158. The van der Waals surface area contributed by atoms with E-state index in [1.54, 1.807) is 11.3 Å². The van der Waals surface area contributed by atoms with E-state index in [1.165, 1.54) is 30.8 Å². The zero-order valence-corrected chi connectivity index (χ0v) is 12.4. The Bertz CT molecular complexity index is 378. The number of aromatic nitrogens is 1. The van der Waals surface area contributed by atoms with Crippen molar-refractivity contribution >= 4 is 11.3 Å². The lowest BCUT2D eigenvalue weighted by Crippen LogP contribution is -2.38. The quantitative estimate of drug-likeness (QED) is 0.911. The van der Waals surface area contributed by atoms with Crippen molar-refractivity contribution in [2.45, 2.75) is 58.0 Å². The highest BCUT2D eigenvalue weighted by Crippen LogP contribution is 2.34. The SMILES string of the molecule is CC(CO)c1csc(C2CCCCN2C(C)C)n1. The molecule has 0 saturated carbocycles. The summed E-state index contributed by atoms with van der Waals surface area (Å²) in [5.41, 5.74) is 1.05. The standard InChI is InChI=1S/C14H24N2OS/c1-10(2)16-7-5-4-6-13(16)14-15-12(9-18-14)11(3)8-17/h9-11,13,17H,4-8H2,1-3H3. The van der Waals surface area contributed by atoms with Gasteiger partial charge in [0.2, 0.25) is 0 Å². The minimum atomic E-state index is 0.158. The van der Waals surface area contributed by atoms with E-state index in [4.69, 9.17) is 4.98 Å². The molecule has 2 heterocycles. The number of aliphatic hydroxyl groups is 1. The predicted octanol–water partition coefficient (Wildman–Crippen LogP) is 3.17. The average Bonchev–Trinajstić information content (AvgIpc) is 2.87. The van der Waals surface area contributed by atoms with Gasteiger partial charge < -0.3 is 5.11 Å². The lowest BCUT2D eigenvalue weighted by atomic mass is 10.0. The molecule has 4 heteroatoms.